The van der Waals surface area contributed by atoms with Crippen LogP contribution in [0.15, 0.2) is 48.5 Å². The molecule has 3 amide bonds. The molecule has 0 atom stereocenters. The van der Waals surface area contributed by atoms with Crippen LogP contribution in [0.1, 0.15) is 45.7 Å². The van der Waals surface area contributed by atoms with Crippen LogP contribution >= 0.6 is 0 Å². The molecule has 0 bridgehead atoms. The summed E-state index contributed by atoms with van der Waals surface area (Å²) in [5.74, 6) is -2.41. The maximum atomic E-state index is 14.2. The molecular weight excluding hydrogens is 456 g/mol. The Morgan fingerprint density at radius 2 is 1.63 bits per heavy atom. The number of nitrogens with zero attached hydrogens (tertiary/aromatic N) is 1. The number of rotatable bonds is 9. The highest BCUT2D eigenvalue weighted by atomic mass is 19.1. The Kier molecular flexibility index (Phi) is 9.33. The van der Waals surface area contributed by atoms with Gasteiger partial charge in [0.15, 0.2) is 0 Å². The lowest BCUT2D eigenvalue weighted by atomic mass is 9.97. The van der Waals surface area contributed by atoms with Crippen molar-refractivity contribution in [2.24, 2.45) is 0 Å². The SMILES string of the molecule is CC(C)(C)NC(=O)C(C)(C)N(CCc1ccc(F)cc1F)C(=O)CNC(=O)OCc1ccccc1. The Labute approximate surface area is 204 Å². The van der Waals surface area contributed by atoms with Crippen LogP contribution in [-0.4, -0.2) is 47.0 Å². The molecule has 2 N–H and O–H groups in total. The van der Waals surface area contributed by atoms with Crippen molar-refractivity contribution in [3.63, 3.8) is 0 Å². The molecule has 0 radical (unpaired) electrons. The van der Waals surface area contributed by atoms with Gasteiger partial charge >= 0.3 is 6.09 Å². The standard InChI is InChI=1S/C26H33F2N3O4/c1-25(2,3)30-23(33)26(4,5)31(14-13-19-11-12-20(27)15-21(19)28)22(32)16-29-24(34)35-17-18-9-7-6-8-10-18/h6-12,15H,13-14,16-17H2,1-5H3,(H,29,34)(H,30,33). The lowest BCUT2D eigenvalue weighted by Gasteiger charge is -2.39. The van der Waals surface area contributed by atoms with E-state index in [-0.39, 0.29) is 25.1 Å². The molecule has 0 saturated heterocycles. The maximum absolute atomic E-state index is 14.2. The van der Waals surface area contributed by atoms with E-state index in [4.69, 9.17) is 4.74 Å². The largest absolute Gasteiger partial charge is 0.445 e. The van der Waals surface area contributed by atoms with Crippen molar-refractivity contribution >= 4 is 17.9 Å². The van der Waals surface area contributed by atoms with Gasteiger partial charge in [-0.05, 0) is 58.2 Å². The van der Waals surface area contributed by atoms with E-state index < -0.39 is 47.2 Å². The highest BCUT2D eigenvalue weighted by Crippen LogP contribution is 2.19. The second kappa shape index (κ2) is 11.8. The molecule has 0 fully saturated rings. The lowest BCUT2D eigenvalue weighted by molar-refractivity contribution is -0.146. The summed E-state index contributed by atoms with van der Waals surface area (Å²) in [5, 5.41) is 5.25. The topological polar surface area (TPSA) is 87.7 Å². The smallest absolute Gasteiger partial charge is 0.407 e. The van der Waals surface area contributed by atoms with Gasteiger partial charge in [-0.3, -0.25) is 9.59 Å². The van der Waals surface area contributed by atoms with Gasteiger partial charge in [0.25, 0.3) is 0 Å². The summed E-state index contributed by atoms with van der Waals surface area (Å²) in [5.41, 5.74) is -0.884. The fraction of sp³-hybridized carbons (Fsp3) is 0.423. The van der Waals surface area contributed by atoms with Gasteiger partial charge < -0.3 is 20.3 Å². The number of carbonyl (C=O) groups excluding carboxylic acids is 3. The minimum Gasteiger partial charge on any atom is -0.445 e. The summed E-state index contributed by atoms with van der Waals surface area (Å²) in [7, 11) is 0. The first kappa shape index (κ1) is 27.8. The Balaban J connectivity index is 2.11. The van der Waals surface area contributed by atoms with E-state index in [2.05, 4.69) is 10.6 Å². The number of alkyl carbamates (subject to hydrolysis) is 1. The first-order valence-corrected chi connectivity index (χ1v) is 11.3. The Morgan fingerprint density at radius 3 is 2.23 bits per heavy atom. The summed E-state index contributed by atoms with van der Waals surface area (Å²) in [6, 6.07) is 12.3. The minimum absolute atomic E-state index is 0.0350. The molecule has 0 saturated carbocycles. The molecule has 0 aliphatic rings. The number of halogens is 2. The van der Waals surface area contributed by atoms with E-state index >= 15 is 0 Å². The third-order valence-electron chi connectivity index (χ3n) is 5.24. The zero-order chi connectivity index (χ0) is 26.2. The molecule has 2 aromatic rings. The molecular formula is C26H33F2N3O4. The first-order chi connectivity index (χ1) is 16.3. The fourth-order valence-electron chi connectivity index (χ4n) is 3.31. The number of carbonyl (C=O) groups is 3. The van der Waals surface area contributed by atoms with Crippen molar-refractivity contribution in [1.82, 2.24) is 15.5 Å². The van der Waals surface area contributed by atoms with Gasteiger partial charge in [0, 0.05) is 18.2 Å². The van der Waals surface area contributed by atoms with E-state index in [0.717, 1.165) is 17.7 Å². The van der Waals surface area contributed by atoms with Crippen LogP contribution in [0.5, 0.6) is 0 Å². The molecule has 0 heterocycles. The zero-order valence-corrected chi connectivity index (χ0v) is 20.8. The van der Waals surface area contributed by atoms with Crippen molar-refractivity contribution in [2.75, 3.05) is 13.1 Å². The number of hydrogen-bond donors (Lipinski definition) is 2. The first-order valence-electron chi connectivity index (χ1n) is 11.3. The Hall–Kier alpha value is -3.49. The molecule has 0 aromatic heterocycles. The number of benzene rings is 2. The van der Waals surface area contributed by atoms with Gasteiger partial charge in [0.2, 0.25) is 11.8 Å². The van der Waals surface area contributed by atoms with Crippen LogP contribution in [0.25, 0.3) is 0 Å². The van der Waals surface area contributed by atoms with Crippen molar-refractivity contribution in [1.29, 1.82) is 0 Å². The summed E-state index contributed by atoms with van der Waals surface area (Å²) in [4.78, 5) is 39.5. The maximum Gasteiger partial charge on any atom is 0.407 e. The normalized spacial score (nSPS) is 11.5. The highest BCUT2D eigenvalue weighted by molar-refractivity contribution is 5.92. The van der Waals surface area contributed by atoms with E-state index in [1.807, 2.05) is 39.0 Å². The predicted molar refractivity (Wildman–Crippen MR) is 128 cm³/mol. The van der Waals surface area contributed by atoms with Crippen LogP contribution in [0.4, 0.5) is 13.6 Å². The molecule has 35 heavy (non-hydrogen) atoms. The molecule has 2 aromatic carbocycles. The van der Waals surface area contributed by atoms with Gasteiger partial charge in [0.1, 0.15) is 30.3 Å². The van der Waals surface area contributed by atoms with Gasteiger partial charge in [-0.15, -0.1) is 0 Å². The molecule has 9 heteroatoms. The average Bonchev–Trinajstić information content (AvgIpc) is 2.77. The third-order valence-corrected chi connectivity index (χ3v) is 5.24. The number of amides is 3. The highest BCUT2D eigenvalue weighted by Gasteiger charge is 2.39. The molecule has 0 aliphatic carbocycles. The monoisotopic (exact) mass is 489 g/mol. The zero-order valence-electron chi connectivity index (χ0n) is 20.8. The van der Waals surface area contributed by atoms with Crippen molar-refractivity contribution in [2.45, 2.75) is 58.7 Å². The average molecular weight is 490 g/mol. The molecule has 2 rings (SSSR count). The minimum atomic E-state index is -1.32. The number of nitrogens with one attached hydrogen (secondary N) is 2. The van der Waals surface area contributed by atoms with Crippen LogP contribution in [0.2, 0.25) is 0 Å². The molecule has 190 valence electrons. The Morgan fingerprint density at radius 1 is 0.971 bits per heavy atom. The van der Waals surface area contributed by atoms with Gasteiger partial charge in [-0.25, -0.2) is 13.6 Å². The van der Waals surface area contributed by atoms with E-state index in [1.165, 1.54) is 11.0 Å². The molecule has 7 nitrogen and oxygen atoms in total. The van der Waals surface area contributed by atoms with Crippen LogP contribution in [-0.2, 0) is 27.4 Å². The van der Waals surface area contributed by atoms with Gasteiger partial charge in [-0.1, -0.05) is 36.4 Å². The lowest BCUT2D eigenvalue weighted by Crippen LogP contribution is -2.61. The molecule has 0 spiro atoms. The summed E-state index contributed by atoms with van der Waals surface area (Å²) >= 11 is 0. The third kappa shape index (κ3) is 8.66. The van der Waals surface area contributed by atoms with Crippen molar-refractivity contribution in [3.8, 4) is 0 Å². The second-order valence-corrected chi connectivity index (χ2v) is 9.71. The van der Waals surface area contributed by atoms with Gasteiger partial charge in [-0.2, -0.15) is 0 Å². The fourth-order valence-corrected chi connectivity index (χ4v) is 3.31. The second-order valence-electron chi connectivity index (χ2n) is 9.71. The Bertz CT molecular complexity index is 1040. The number of ether oxygens (including phenoxy) is 1. The molecule has 0 unspecified atom stereocenters. The number of hydrogen-bond acceptors (Lipinski definition) is 4. The molecule has 0 aliphatic heterocycles. The van der Waals surface area contributed by atoms with Crippen molar-refractivity contribution < 1.29 is 27.9 Å². The van der Waals surface area contributed by atoms with Crippen molar-refractivity contribution in [3.05, 3.63) is 71.3 Å². The van der Waals surface area contributed by atoms with Crippen LogP contribution < -0.4 is 10.6 Å². The summed E-state index contributed by atoms with van der Waals surface area (Å²) in [6.07, 6.45) is -0.744. The summed E-state index contributed by atoms with van der Waals surface area (Å²) < 4.78 is 32.6. The predicted octanol–water partition coefficient (Wildman–Crippen LogP) is 3.96. The van der Waals surface area contributed by atoms with Crippen LogP contribution in [0.3, 0.4) is 0 Å². The van der Waals surface area contributed by atoms with E-state index in [1.54, 1.807) is 26.0 Å². The quantitative estimate of drug-likeness (QED) is 0.558. The van der Waals surface area contributed by atoms with Gasteiger partial charge in [0.05, 0.1) is 0 Å². The van der Waals surface area contributed by atoms with Crippen LogP contribution in [0, 0.1) is 11.6 Å². The summed E-state index contributed by atoms with van der Waals surface area (Å²) in [6.45, 7) is 8.15. The van der Waals surface area contributed by atoms with E-state index in [9.17, 15) is 23.2 Å². The van der Waals surface area contributed by atoms with E-state index in [0.29, 0.717) is 0 Å².